The Kier molecular flexibility index (Phi) is 9.13. The smallest absolute Gasteiger partial charge is 0.115 e. The van der Waals surface area contributed by atoms with E-state index < -0.39 is 13.0 Å². The van der Waals surface area contributed by atoms with Gasteiger partial charge >= 0.3 is 0 Å². The second-order valence-electron chi connectivity index (χ2n) is 6.69. The molecule has 1 fully saturated rings. The van der Waals surface area contributed by atoms with Gasteiger partial charge in [0, 0.05) is 12.3 Å². The predicted molar refractivity (Wildman–Crippen MR) is 89.0 cm³/mol. The highest BCUT2D eigenvalue weighted by molar-refractivity contribution is 7.64. The van der Waals surface area contributed by atoms with E-state index in [-0.39, 0.29) is 0 Å². The first-order valence-corrected chi connectivity index (χ1v) is 11.0. The summed E-state index contributed by atoms with van der Waals surface area (Å²) in [7, 11) is -2.27. The Morgan fingerprint density at radius 1 is 1.05 bits per heavy atom. The molecule has 3 unspecified atom stereocenters. The van der Waals surface area contributed by atoms with Crippen LogP contribution >= 0.6 is 7.14 Å². The van der Waals surface area contributed by atoms with Gasteiger partial charge in [-0.2, -0.15) is 0 Å². The fourth-order valence-corrected chi connectivity index (χ4v) is 6.79. The molecular formula is C17H35O2P. The molecule has 1 aliphatic heterocycles. The molecule has 1 rings (SSSR count). The van der Waals surface area contributed by atoms with Gasteiger partial charge in [-0.1, -0.05) is 65.2 Å². The van der Waals surface area contributed by atoms with Crippen LogP contribution in [0.3, 0.4) is 0 Å². The van der Waals surface area contributed by atoms with Crippen molar-refractivity contribution in [2.75, 3.05) is 12.3 Å². The third kappa shape index (κ3) is 6.31. The molecule has 0 radical (unpaired) electrons. The molecule has 0 aromatic carbocycles. The molecular weight excluding hydrogens is 267 g/mol. The van der Waals surface area contributed by atoms with Gasteiger partial charge in [0.1, 0.15) is 13.0 Å². The molecule has 3 heteroatoms. The van der Waals surface area contributed by atoms with Gasteiger partial charge < -0.3 is 9.67 Å². The van der Waals surface area contributed by atoms with Crippen LogP contribution in [0.4, 0.5) is 0 Å². The molecule has 0 aromatic rings. The third-order valence-electron chi connectivity index (χ3n) is 4.81. The van der Waals surface area contributed by atoms with Crippen LogP contribution in [0.2, 0.25) is 0 Å². The summed E-state index contributed by atoms with van der Waals surface area (Å²) in [6.45, 7) is 4.43. The maximum absolute atomic E-state index is 12.8. The van der Waals surface area contributed by atoms with Gasteiger partial charge in [0.05, 0.1) is 0 Å². The highest BCUT2D eigenvalue weighted by Gasteiger charge is 2.38. The molecule has 1 heterocycles. The third-order valence-corrected chi connectivity index (χ3v) is 8.30. The quantitative estimate of drug-likeness (QED) is 0.397. The zero-order chi connectivity index (χ0) is 14.8. The molecule has 120 valence electrons. The Bertz CT molecular complexity index is 291. The van der Waals surface area contributed by atoms with Crippen LogP contribution in [0.1, 0.15) is 84.5 Å². The minimum absolute atomic E-state index is 0.500. The predicted octanol–water partition coefficient (Wildman–Crippen LogP) is 5.63. The lowest BCUT2D eigenvalue weighted by molar-refractivity contribution is 0.232. The summed E-state index contributed by atoms with van der Waals surface area (Å²) in [4.78, 5) is 0. The Hall–Kier alpha value is 0.190. The summed E-state index contributed by atoms with van der Waals surface area (Å²) >= 11 is 0. The molecule has 1 aliphatic rings. The number of aliphatic hydroxyl groups is 1. The molecule has 1 saturated heterocycles. The van der Waals surface area contributed by atoms with E-state index in [1.54, 1.807) is 0 Å². The average Bonchev–Trinajstić information content (AvgIpc) is 2.83. The van der Waals surface area contributed by atoms with E-state index in [2.05, 4.69) is 13.8 Å². The van der Waals surface area contributed by atoms with Crippen LogP contribution in [0.15, 0.2) is 0 Å². The van der Waals surface area contributed by atoms with Crippen molar-refractivity contribution in [2.45, 2.75) is 90.3 Å². The summed E-state index contributed by atoms with van der Waals surface area (Å²) in [5, 5.41) is 10.3. The molecule has 0 aliphatic carbocycles. The lowest BCUT2D eigenvalue weighted by Crippen LogP contribution is -2.10. The van der Waals surface area contributed by atoms with Gasteiger partial charge in [0.2, 0.25) is 0 Å². The lowest BCUT2D eigenvalue weighted by atomic mass is 10.0. The molecule has 0 spiro atoms. The van der Waals surface area contributed by atoms with E-state index in [0.717, 1.165) is 31.6 Å². The van der Waals surface area contributed by atoms with Crippen LogP contribution < -0.4 is 0 Å². The minimum Gasteiger partial charge on any atom is -0.385 e. The largest absolute Gasteiger partial charge is 0.385 e. The van der Waals surface area contributed by atoms with Crippen LogP contribution in [0.5, 0.6) is 0 Å². The maximum Gasteiger partial charge on any atom is 0.115 e. The van der Waals surface area contributed by atoms with Gasteiger partial charge in [-0.25, -0.2) is 0 Å². The summed E-state index contributed by atoms with van der Waals surface area (Å²) < 4.78 is 12.8. The number of aliphatic hydroxyl groups excluding tert-OH is 1. The second kappa shape index (κ2) is 10.0. The van der Waals surface area contributed by atoms with E-state index >= 15 is 0 Å². The Balaban J connectivity index is 2.23. The van der Waals surface area contributed by atoms with Crippen molar-refractivity contribution in [1.29, 1.82) is 0 Å². The molecule has 0 saturated carbocycles. The van der Waals surface area contributed by atoms with Crippen LogP contribution in [0.25, 0.3) is 0 Å². The van der Waals surface area contributed by atoms with Crippen LogP contribution in [-0.4, -0.2) is 23.3 Å². The zero-order valence-electron chi connectivity index (χ0n) is 13.6. The van der Waals surface area contributed by atoms with Crippen molar-refractivity contribution >= 4 is 7.14 Å². The van der Waals surface area contributed by atoms with Gasteiger partial charge in [-0.05, 0) is 25.2 Å². The Morgan fingerprint density at radius 2 is 1.70 bits per heavy atom. The number of unbranched alkanes of at least 4 members (excludes halogenated alkanes) is 6. The molecule has 0 aromatic heterocycles. The normalized spacial score (nSPS) is 27.9. The van der Waals surface area contributed by atoms with Crippen LogP contribution in [-0.2, 0) is 4.57 Å². The average molecular weight is 302 g/mol. The van der Waals surface area contributed by atoms with Crippen molar-refractivity contribution in [3.63, 3.8) is 0 Å². The summed E-state index contributed by atoms with van der Waals surface area (Å²) in [5.74, 6) is 0.128. The van der Waals surface area contributed by atoms with E-state index in [4.69, 9.17) is 0 Å². The topological polar surface area (TPSA) is 37.3 Å². The highest BCUT2D eigenvalue weighted by atomic mass is 31.2. The first kappa shape index (κ1) is 18.2. The maximum atomic E-state index is 12.8. The van der Waals surface area contributed by atoms with Crippen molar-refractivity contribution in [3.05, 3.63) is 0 Å². The summed E-state index contributed by atoms with van der Waals surface area (Å²) in [6.07, 6.45) is 14.6. The molecule has 3 atom stereocenters. The molecule has 0 amide bonds. The fraction of sp³-hybridized carbons (Fsp3) is 1.00. The van der Waals surface area contributed by atoms with E-state index in [1.807, 2.05) is 0 Å². The second-order valence-corrected chi connectivity index (χ2v) is 10.0. The Labute approximate surface area is 126 Å². The van der Waals surface area contributed by atoms with E-state index in [9.17, 15) is 9.67 Å². The highest BCUT2D eigenvalue weighted by Crippen LogP contribution is 2.59. The zero-order valence-corrected chi connectivity index (χ0v) is 14.5. The fourth-order valence-electron chi connectivity index (χ4n) is 3.38. The Morgan fingerprint density at radius 3 is 2.35 bits per heavy atom. The minimum atomic E-state index is -2.27. The van der Waals surface area contributed by atoms with Crippen molar-refractivity contribution in [3.8, 4) is 0 Å². The standard InChI is InChI=1S/C17H35O2P/c1-3-5-7-9-11-16-13-14-20(19,15-16)17(18)12-10-8-6-4-2/h16-18H,3-15H2,1-2H3. The van der Waals surface area contributed by atoms with Crippen molar-refractivity contribution in [2.24, 2.45) is 5.92 Å². The van der Waals surface area contributed by atoms with E-state index in [0.29, 0.717) is 5.92 Å². The van der Waals surface area contributed by atoms with E-state index in [1.165, 1.54) is 51.4 Å². The van der Waals surface area contributed by atoms with Gasteiger partial charge in [0.15, 0.2) is 0 Å². The van der Waals surface area contributed by atoms with Crippen molar-refractivity contribution in [1.82, 2.24) is 0 Å². The molecule has 2 nitrogen and oxygen atoms in total. The van der Waals surface area contributed by atoms with Crippen LogP contribution in [0, 0.1) is 5.92 Å². The molecule has 20 heavy (non-hydrogen) atoms. The summed E-state index contributed by atoms with van der Waals surface area (Å²) in [5.41, 5.74) is 0. The van der Waals surface area contributed by atoms with Gasteiger partial charge in [-0.3, -0.25) is 0 Å². The van der Waals surface area contributed by atoms with Gasteiger partial charge in [-0.15, -0.1) is 0 Å². The number of hydrogen-bond donors (Lipinski definition) is 1. The molecule has 0 bridgehead atoms. The van der Waals surface area contributed by atoms with Crippen molar-refractivity contribution < 1.29 is 9.67 Å². The summed E-state index contributed by atoms with van der Waals surface area (Å²) in [6, 6.07) is 0. The first-order valence-electron chi connectivity index (χ1n) is 8.88. The molecule has 1 N–H and O–H groups in total. The first-order chi connectivity index (χ1) is 9.62. The number of rotatable bonds is 11. The van der Waals surface area contributed by atoms with Gasteiger partial charge in [0.25, 0.3) is 0 Å². The lowest BCUT2D eigenvalue weighted by Gasteiger charge is -2.19. The monoisotopic (exact) mass is 302 g/mol. The SMILES string of the molecule is CCCCCCC1CCP(=O)(C(O)CCCCCC)C1. The number of hydrogen-bond acceptors (Lipinski definition) is 2.